The van der Waals surface area contributed by atoms with Gasteiger partial charge in [0.05, 0.1) is 0 Å². The van der Waals surface area contributed by atoms with Gasteiger partial charge in [-0.1, -0.05) is 16.1 Å². The lowest BCUT2D eigenvalue weighted by Crippen LogP contribution is -2.17. The largest absolute Gasteiger partial charge is 0.296 e. The Morgan fingerprint density at radius 1 is 1.31 bits per heavy atom. The first kappa shape index (κ1) is 11.4. The minimum absolute atomic E-state index is 0.668. The number of nitrogens with zero attached hydrogens (tertiary/aromatic N) is 4. The first-order valence-corrected chi connectivity index (χ1v) is 5.95. The Hall–Kier alpha value is -1.04. The average Bonchev–Trinajstić information content (AvgIpc) is 2.66. The summed E-state index contributed by atoms with van der Waals surface area (Å²) in [6.07, 6.45) is 3.58. The molecule has 0 aliphatic heterocycles. The van der Waals surface area contributed by atoms with E-state index in [2.05, 4.69) is 19.5 Å². The van der Waals surface area contributed by atoms with Crippen molar-refractivity contribution in [1.82, 2.24) is 19.5 Å². The number of hydrogen-bond donors (Lipinski definition) is 0. The Kier molecular flexibility index (Phi) is 3.82. The van der Waals surface area contributed by atoms with Crippen LogP contribution in [-0.4, -0.2) is 26.5 Å². The summed E-state index contributed by atoms with van der Waals surface area (Å²) in [5, 5.41) is 3.98. The van der Waals surface area contributed by atoms with Crippen LogP contribution in [0.4, 0.5) is 0 Å². The zero-order valence-electron chi connectivity index (χ0n) is 8.80. The molecular weight excluding hydrogens is 244 g/mol. The van der Waals surface area contributed by atoms with Crippen LogP contribution in [-0.2, 0) is 13.1 Å². The van der Waals surface area contributed by atoms with Crippen LogP contribution in [0.1, 0.15) is 11.3 Å². The van der Waals surface area contributed by atoms with Crippen molar-refractivity contribution < 1.29 is 0 Å². The Morgan fingerprint density at radius 3 is 2.69 bits per heavy atom. The molecule has 0 amide bonds. The van der Waals surface area contributed by atoms with E-state index in [1.54, 1.807) is 12.4 Å². The Labute approximate surface area is 103 Å². The Balaban J connectivity index is 1.95. The first-order chi connectivity index (χ1) is 7.75. The number of rotatable bonds is 4. The first-order valence-electron chi connectivity index (χ1n) is 4.80. The van der Waals surface area contributed by atoms with Crippen LogP contribution in [0.2, 0.25) is 4.34 Å². The van der Waals surface area contributed by atoms with E-state index in [0.717, 1.165) is 12.2 Å². The molecule has 0 aliphatic carbocycles. The standard InChI is InChI=1S/C10H11ClN4S/c1-15(6-8-2-4-12-5-3-8)7-9-10(11)16-14-13-9/h2-5H,6-7H2,1H3. The fourth-order valence-electron chi connectivity index (χ4n) is 1.40. The third-order valence-electron chi connectivity index (χ3n) is 2.13. The monoisotopic (exact) mass is 254 g/mol. The number of aromatic nitrogens is 3. The molecular formula is C10H11ClN4S. The lowest BCUT2D eigenvalue weighted by Gasteiger charge is -2.14. The predicted molar refractivity (Wildman–Crippen MR) is 64.3 cm³/mol. The molecule has 0 aromatic carbocycles. The quantitative estimate of drug-likeness (QED) is 0.839. The summed E-state index contributed by atoms with van der Waals surface area (Å²) >= 11 is 7.16. The van der Waals surface area contributed by atoms with Crippen molar-refractivity contribution in [3.05, 3.63) is 40.1 Å². The van der Waals surface area contributed by atoms with Gasteiger partial charge in [0, 0.05) is 37.0 Å². The summed E-state index contributed by atoms with van der Waals surface area (Å²) in [7, 11) is 2.02. The molecule has 0 radical (unpaired) electrons. The van der Waals surface area contributed by atoms with Crippen LogP contribution in [0.3, 0.4) is 0 Å². The van der Waals surface area contributed by atoms with E-state index in [4.69, 9.17) is 11.6 Å². The van der Waals surface area contributed by atoms with Crippen LogP contribution in [0.15, 0.2) is 24.5 Å². The summed E-state index contributed by atoms with van der Waals surface area (Å²) < 4.78 is 4.47. The minimum atomic E-state index is 0.668. The molecule has 4 nitrogen and oxygen atoms in total. The van der Waals surface area contributed by atoms with Gasteiger partial charge >= 0.3 is 0 Å². The molecule has 16 heavy (non-hydrogen) atoms. The highest BCUT2D eigenvalue weighted by Gasteiger charge is 2.08. The number of halogens is 1. The Morgan fingerprint density at radius 2 is 2.06 bits per heavy atom. The third kappa shape index (κ3) is 2.98. The topological polar surface area (TPSA) is 41.9 Å². The van der Waals surface area contributed by atoms with Crippen molar-refractivity contribution in [2.45, 2.75) is 13.1 Å². The molecule has 0 saturated carbocycles. The predicted octanol–water partition coefficient (Wildman–Crippen LogP) is 2.22. The van der Waals surface area contributed by atoms with Gasteiger partial charge in [-0.2, -0.15) is 0 Å². The summed E-state index contributed by atoms with van der Waals surface area (Å²) in [5.74, 6) is 0. The highest BCUT2D eigenvalue weighted by Crippen LogP contribution is 2.18. The molecule has 6 heteroatoms. The van der Waals surface area contributed by atoms with Gasteiger partial charge in [-0.15, -0.1) is 5.10 Å². The van der Waals surface area contributed by atoms with E-state index in [1.807, 2.05) is 19.2 Å². The smallest absolute Gasteiger partial charge is 0.138 e. The molecule has 2 aromatic rings. The van der Waals surface area contributed by atoms with Gasteiger partial charge in [-0.25, -0.2) is 0 Å². The van der Waals surface area contributed by atoms with E-state index in [-0.39, 0.29) is 0 Å². The van der Waals surface area contributed by atoms with Crippen LogP contribution in [0.25, 0.3) is 0 Å². The molecule has 0 unspecified atom stereocenters. The summed E-state index contributed by atoms with van der Waals surface area (Å²) in [6.45, 7) is 1.55. The van der Waals surface area contributed by atoms with Gasteiger partial charge in [-0.3, -0.25) is 9.88 Å². The van der Waals surface area contributed by atoms with E-state index < -0.39 is 0 Å². The molecule has 0 saturated heterocycles. The molecule has 0 N–H and O–H groups in total. The number of pyridine rings is 1. The van der Waals surface area contributed by atoms with Gasteiger partial charge in [0.1, 0.15) is 10.0 Å². The van der Waals surface area contributed by atoms with Crippen LogP contribution < -0.4 is 0 Å². The molecule has 0 spiro atoms. The zero-order chi connectivity index (χ0) is 11.4. The lowest BCUT2D eigenvalue weighted by atomic mass is 10.2. The van der Waals surface area contributed by atoms with Crippen molar-refractivity contribution in [3.8, 4) is 0 Å². The van der Waals surface area contributed by atoms with Crippen LogP contribution in [0, 0.1) is 0 Å². The lowest BCUT2D eigenvalue weighted by molar-refractivity contribution is 0.315. The molecule has 0 aliphatic rings. The second-order valence-electron chi connectivity index (χ2n) is 3.52. The normalized spacial score (nSPS) is 10.9. The average molecular weight is 255 g/mol. The summed E-state index contributed by atoms with van der Waals surface area (Å²) in [4.78, 5) is 6.12. The maximum Gasteiger partial charge on any atom is 0.138 e. The van der Waals surface area contributed by atoms with Gasteiger partial charge in [0.2, 0.25) is 0 Å². The molecule has 0 atom stereocenters. The molecule has 84 valence electrons. The van der Waals surface area contributed by atoms with Gasteiger partial charge in [-0.05, 0) is 24.7 Å². The van der Waals surface area contributed by atoms with E-state index in [9.17, 15) is 0 Å². The van der Waals surface area contributed by atoms with Crippen molar-refractivity contribution in [2.24, 2.45) is 0 Å². The third-order valence-corrected chi connectivity index (χ3v) is 3.12. The highest BCUT2D eigenvalue weighted by atomic mass is 35.5. The van der Waals surface area contributed by atoms with Gasteiger partial charge in [0.15, 0.2) is 0 Å². The highest BCUT2D eigenvalue weighted by molar-refractivity contribution is 7.10. The fourth-order valence-corrected chi connectivity index (χ4v) is 2.01. The van der Waals surface area contributed by atoms with Gasteiger partial charge in [0.25, 0.3) is 0 Å². The second kappa shape index (κ2) is 5.34. The fraction of sp³-hybridized carbons (Fsp3) is 0.300. The van der Waals surface area contributed by atoms with E-state index in [0.29, 0.717) is 10.9 Å². The maximum atomic E-state index is 5.94. The zero-order valence-corrected chi connectivity index (χ0v) is 10.4. The molecule has 2 rings (SSSR count). The van der Waals surface area contributed by atoms with Crippen molar-refractivity contribution in [3.63, 3.8) is 0 Å². The van der Waals surface area contributed by atoms with E-state index >= 15 is 0 Å². The molecule has 0 fully saturated rings. The molecule has 0 bridgehead atoms. The van der Waals surface area contributed by atoms with Crippen LogP contribution >= 0.6 is 23.1 Å². The molecule has 2 heterocycles. The molecule has 2 aromatic heterocycles. The number of hydrogen-bond acceptors (Lipinski definition) is 5. The van der Waals surface area contributed by atoms with Crippen LogP contribution in [0.5, 0.6) is 0 Å². The summed E-state index contributed by atoms with van der Waals surface area (Å²) in [5.41, 5.74) is 2.06. The van der Waals surface area contributed by atoms with Crippen molar-refractivity contribution in [1.29, 1.82) is 0 Å². The summed E-state index contributed by atoms with van der Waals surface area (Å²) in [6, 6.07) is 3.99. The minimum Gasteiger partial charge on any atom is -0.296 e. The Bertz CT molecular complexity index is 445. The maximum absolute atomic E-state index is 5.94. The van der Waals surface area contributed by atoms with Crippen molar-refractivity contribution in [2.75, 3.05) is 7.05 Å². The SMILES string of the molecule is CN(Cc1ccncc1)Cc1nnsc1Cl. The van der Waals surface area contributed by atoms with E-state index in [1.165, 1.54) is 17.1 Å². The van der Waals surface area contributed by atoms with Crippen molar-refractivity contribution >= 4 is 23.1 Å². The van der Waals surface area contributed by atoms with Gasteiger partial charge < -0.3 is 0 Å². The second-order valence-corrected chi connectivity index (χ2v) is 4.88.